The molecule has 0 amide bonds. The molecule has 1 heteroatoms. The average molecular weight is 166 g/mol. The Hall–Kier alpha value is -0.330. The normalized spacial score (nSPS) is 50.2. The molecule has 0 aromatic heterocycles. The van der Waals surface area contributed by atoms with Gasteiger partial charge in [-0.3, -0.25) is 4.79 Å². The van der Waals surface area contributed by atoms with Crippen LogP contribution in [0, 0.1) is 29.1 Å². The minimum atomic E-state index is 0.309. The summed E-state index contributed by atoms with van der Waals surface area (Å²) in [4.78, 5) is 11.8. The summed E-state index contributed by atoms with van der Waals surface area (Å²) in [5.41, 5.74) is 0.309. The Bertz CT molecular complexity index is 229. The molecular formula is C11H18O. The van der Waals surface area contributed by atoms with E-state index in [1.165, 1.54) is 0 Å². The number of carbonyl (C=O) groups is 1. The highest BCUT2D eigenvalue weighted by molar-refractivity contribution is 5.86. The predicted molar refractivity (Wildman–Crippen MR) is 48.7 cm³/mol. The summed E-state index contributed by atoms with van der Waals surface area (Å²) in [6.45, 7) is 8.85. The standard InChI is InChI=1S/C11H18O/c1-6-7(2)10(12)9-5-8(6)11(9,3)4/h6-9H,5H2,1-4H3/t6?,7?,8-,9?/m1/s1. The minimum Gasteiger partial charge on any atom is -0.299 e. The molecule has 3 rings (SSSR count). The predicted octanol–water partition coefficient (Wildman–Crippen LogP) is 2.50. The van der Waals surface area contributed by atoms with Gasteiger partial charge in [-0.05, 0) is 23.7 Å². The van der Waals surface area contributed by atoms with Crippen LogP contribution in [0.25, 0.3) is 0 Å². The Kier molecular flexibility index (Phi) is 1.47. The number of ketones is 1. The summed E-state index contributed by atoms with van der Waals surface area (Å²) in [5.74, 6) is 2.64. The zero-order chi connectivity index (χ0) is 9.09. The molecule has 4 atom stereocenters. The second-order valence-corrected chi connectivity index (χ2v) is 5.27. The van der Waals surface area contributed by atoms with Crippen LogP contribution in [-0.2, 0) is 4.79 Å². The highest BCUT2D eigenvalue weighted by Gasteiger charge is 2.59. The molecule has 3 aliphatic carbocycles. The number of carbonyl (C=O) groups excluding carboxylic acids is 1. The fraction of sp³-hybridized carbons (Fsp3) is 0.909. The molecule has 68 valence electrons. The zero-order valence-corrected chi connectivity index (χ0v) is 8.42. The van der Waals surface area contributed by atoms with E-state index < -0.39 is 0 Å². The molecule has 0 aliphatic heterocycles. The smallest absolute Gasteiger partial charge is 0.139 e. The van der Waals surface area contributed by atoms with E-state index in [-0.39, 0.29) is 0 Å². The zero-order valence-electron chi connectivity index (χ0n) is 8.42. The summed E-state index contributed by atoms with van der Waals surface area (Å²) in [7, 11) is 0. The number of rotatable bonds is 0. The number of fused-ring (bicyclic) bond motifs is 2. The van der Waals surface area contributed by atoms with Crippen LogP contribution in [0.15, 0.2) is 0 Å². The fourth-order valence-corrected chi connectivity index (χ4v) is 3.26. The van der Waals surface area contributed by atoms with Crippen molar-refractivity contribution in [3.63, 3.8) is 0 Å². The van der Waals surface area contributed by atoms with Gasteiger partial charge in [-0.25, -0.2) is 0 Å². The van der Waals surface area contributed by atoms with E-state index in [0.717, 1.165) is 12.3 Å². The van der Waals surface area contributed by atoms with Crippen LogP contribution in [0.4, 0.5) is 0 Å². The monoisotopic (exact) mass is 166 g/mol. The molecule has 1 nitrogen and oxygen atoms in total. The molecule has 0 aromatic rings. The summed E-state index contributed by atoms with van der Waals surface area (Å²) < 4.78 is 0. The lowest BCUT2D eigenvalue weighted by molar-refractivity contribution is -0.166. The van der Waals surface area contributed by atoms with Crippen LogP contribution in [-0.4, -0.2) is 5.78 Å². The van der Waals surface area contributed by atoms with Crippen LogP contribution < -0.4 is 0 Å². The molecule has 0 radical (unpaired) electrons. The molecule has 2 bridgehead atoms. The van der Waals surface area contributed by atoms with Gasteiger partial charge in [-0.2, -0.15) is 0 Å². The first-order valence-electron chi connectivity index (χ1n) is 5.00. The van der Waals surface area contributed by atoms with E-state index in [0.29, 0.717) is 29.0 Å². The van der Waals surface area contributed by atoms with Gasteiger partial charge in [0.05, 0.1) is 0 Å². The first kappa shape index (κ1) is 8.28. The van der Waals surface area contributed by atoms with Gasteiger partial charge in [0.15, 0.2) is 0 Å². The van der Waals surface area contributed by atoms with E-state index in [1.54, 1.807) is 0 Å². The molecule has 0 saturated heterocycles. The second kappa shape index (κ2) is 2.12. The average Bonchev–Trinajstić information content (AvgIpc) is 1.98. The summed E-state index contributed by atoms with van der Waals surface area (Å²) in [5, 5.41) is 0. The molecule has 0 aromatic carbocycles. The Morgan fingerprint density at radius 1 is 1.33 bits per heavy atom. The minimum absolute atomic E-state index is 0.309. The van der Waals surface area contributed by atoms with Crippen LogP contribution in [0.5, 0.6) is 0 Å². The third-order valence-corrected chi connectivity index (χ3v) is 4.56. The van der Waals surface area contributed by atoms with Gasteiger partial charge in [0.2, 0.25) is 0 Å². The van der Waals surface area contributed by atoms with Gasteiger partial charge in [-0.15, -0.1) is 0 Å². The van der Waals surface area contributed by atoms with Crippen molar-refractivity contribution in [2.45, 2.75) is 34.1 Å². The molecule has 0 spiro atoms. The Labute approximate surface area is 74.5 Å². The summed E-state index contributed by atoms with van der Waals surface area (Å²) in [6.07, 6.45) is 1.16. The van der Waals surface area contributed by atoms with Gasteiger partial charge in [0.1, 0.15) is 5.78 Å². The summed E-state index contributed by atoms with van der Waals surface area (Å²) in [6, 6.07) is 0. The Morgan fingerprint density at radius 2 is 1.92 bits per heavy atom. The maximum atomic E-state index is 11.8. The van der Waals surface area contributed by atoms with Crippen molar-refractivity contribution >= 4 is 5.78 Å². The molecule has 3 aliphatic rings. The van der Waals surface area contributed by atoms with Crippen molar-refractivity contribution in [1.29, 1.82) is 0 Å². The van der Waals surface area contributed by atoms with Crippen molar-refractivity contribution in [2.24, 2.45) is 29.1 Å². The van der Waals surface area contributed by atoms with E-state index in [9.17, 15) is 4.79 Å². The third-order valence-electron chi connectivity index (χ3n) is 4.56. The maximum absolute atomic E-state index is 11.8. The summed E-state index contributed by atoms with van der Waals surface area (Å²) >= 11 is 0. The van der Waals surface area contributed by atoms with Crippen molar-refractivity contribution in [3.8, 4) is 0 Å². The topological polar surface area (TPSA) is 17.1 Å². The molecule has 3 saturated carbocycles. The molecular weight excluding hydrogens is 148 g/mol. The van der Waals surface area contributed by atoms with Crippen molar-refractivity contribution < 1.29 is 4.79 Å². The van der Waals surface area contributed by atoms with Crippen LogP contribution in [0.1, 0.15) is 34.1 Å². The van der Waals surface area contributed by atoms with E-state index in [2.05, 4.69) is 27.7 Å². The van der Waals surface area contributed by atoms with Crippen molar-refractivity contribution in [3.05, 3.63) is 0 Å². The highest BCUT2D eigenvalue weighted by Crippen LogP contribution is 2.61. The highest BCUT2D eigenvalue weighted by atomic mass is 16.1. The third kappa shape index (κ3) is 0.725. The van der Waals surface area contributed by atoms with E-state index >= 15 is 0 Å². The largest absolute Gasteiger partial charge is 0.299 e. The first-order valence-corrected chi connectivity index (χ1v) is 5.00. The molecule has 0 heterocycles. The fourth-order valence-electron chi connectivity index (χ4n) is 3.26. The molecule has 3 fully saturated rings. The molecule has 0 N–H and O–H groups in total. The van der Waals surface area contributed by atoms with Crippen LogP contribution >= 0.6 is 0 Å². The van der Waals surface area contributed by atoms with Gasteiger partial charge in [-0.1, -0.05) is 27.7 Å². The Morgan fingerprint density at radius 3 is 2.33 bits per heavy atom. The SMILES string of the molecule is CC1C(=O)C2C[C@H](C1C)C2(C)C. The number of hydrogen-bond donors (Lipinski definition) is 0. The van der Waals surface area contributed by atoms with Gasteiger partial charge in [0.25, 0.3) is 0 Å². The second-order valence-electron chi connectivity index (χ2n) is 5.27. The van der Waals surface area contributed by atoms with Crippen molar-refractivity contribution in [1.82, 2.24) is 0 Å². The van der Waals surface area contributed by atoms with Gasteiger partial charge >= 0.3 is 0 Å². The lowest BCUT2D eigenvalue weighted by atomic mass is 9.43. The van der Waals surface area contributed by atoms with Crippen LogP contribution in [0.3, 0.4) is 0 Å². The maximum Gasteiger partial charge on any atom is 0.139 e. The van der Waals surface area contributed by atoms with E-state index in [4.69, 9.17) is 0 Å². The van der Waals surface area contributed by atoms with Crippen molar-refractivity contribution in [2.75, 3.05) is 0 Å². The molecule has 12 heavy (non-hydrogen) atoms. The number of hydrogen-bond acceptors (Lipinski definition) is 1. The molecule has 3 unspecified atom stereocenters. The van der Waals surface area contributed by atoms with Crippen LogP contribution in [0.2, 0.25) is 0 Å². The van der Waals surface area contributed by atoms with E-state index in [1.807, 2.05) is 0 Å². The number of Topliss-reactive ketones (excluding diaryl/α,β-unsaturated/α-hetero) is 1. The first-order chi connectivity index (χ1) is 5.46. The van der Waals surface area contributed by atoms with Gasteiger partial charge in [0, 0.05) is 11.8 Å². The Balaban J connectivity index is 2.30. The lowest BCUT2D eigenvalue weighted by Gasteiger charge is -2.60. The van der Waals surface area contributed by atoms with Gasteiger partial charge < -0.3 is 0 Å². The lowest BCUT2D eigenvalue weighted by Crippen LogP contribution is -2.59. The quantitative estimate of drug-likeness (QED) is 0.540.